The summed E-state index contributed by atoms with van der Waals surface area (Å²) in [5, 5.41) is 12.8. The molecule has 6 aromatic rings. The van der Waals surface area contributed by atoms with Crippen LogP contribution in [-0.2, 0) is 22.0 Å². The van der Waals surface area contributed by atoms with E-state index in [9.17, 15) is 45.0 Å². The zero-order chi connectivity index (χ0) is 43.3. The second kappa shape index (κ2) is 17.6. The fourth-order valence-corrected chi connectivity index (χ4v) is 6.87. The highest BCUT2D eigenvalue weighted by atomic mass is 19.4. The van der Waals surface area contributed by atoms with E-state index >= 15 is 0 Å². The number of fused-ring (bicyclic) bond motifs is 2. The first-order valence-electron chi connectivity index (χ1n) is 18.1. The van der Waals surface area contributed by atoms with Gasteiger partial charge in [0.25, 0.3) is 0 Å². The lowest BCUT2D eigenvalue weighted by molar-refractivity contribution is -0.266. The number of aromatic amines is 2. The molecule has 2 heterocycles. The molecule has 6 rings (SSSR count). The largest absolute Gasteiger partial charge is 0.496 e. The number of ether oxygens (including phenoxy) is 2. The molecule has 0 fully saturated rings. The third-order valence-corrected chi connectivity index (χ3v) is 9.70. The number of nitrogens with one attached hydrogen (secondary N) is 2. The number of Topliss-reactive ketones (excluding diaryl/α,β-unsaturated/α-hetero) is 1. The van der Waals surface area contributed by atoms with Gasteiger partial charge in [0.05, 0.1) is 14.2 Å². The van der Waals surface area contributed by atoms with E-state index < -0.39 is 65.5 Å². The van der Waals surface area contributed by atoms with E-state index in [1.54, 1.807) is 30.3 Å². The average molecular weight is 819 g/mol. The van der Waals surface area contributed by atoms with Gasteiger partial charge in [-0.3, -0.25) is 4.79 Å². The van der Waals surface area contributed by atoms with Crippen LogP contribution >= 0.6 is 0 Å². The van der Waals surface area contributed by atoms with Gasteiger partial charge in [0.2, 0.25) is 5.78 Å². The number of ketones is 1. The van der Waals surface area contributed by atoms with Crippen molar-refractivity contribution in [1.82, 2.24) is 9.97 Å². The maximum Gasteiger partial charge on any atom is 0.450 e. The Morgan fingerprint density at radius 3 is 1.57 bits per heavy atom. The van der Waals surface area contributed by atoms with Crippen molar-refractivity contribution in [2.75, 3.05) is 14.2 Å². The Morgan fingerprint density at radius 1 is 0.655 bits per heavy atom. The first kappa shape index (κ1) is 45.3. The minimum atomic E-state index is -4.89. The van der Waals surface area contributed by atoms with E-state index in [4.69, 9.17) is 9.47 Å². The molecule has 0 aliphatic carbocycles. The van der Waals surface area contributed by atoms with Crippen LogP contribution in [0.1, 0.15) is 63.1 Å². The van der Waals surface area contributed by atoms with Crippen molar-refractivity contribution in [2.45, 2.75) is 82.7 Å². The normalized spacial score (nSPS) is 13.2. The summed E-state index contributed by atoms with van der Waals surface area (Å²) >= 11 is 0. The van der Waals surface area contributed by atoms with Crippen molar-refractivity contribution in [3.63, 3.8) is 0 Å². The van der Waals surface area contributed by atoms with Gasteiger partial charge >= 0.3 is 12.4 Å². The maximum atomic E-state index is 14.0. The Morgan fingerprint density at radius 2 is 1.12 bits per heavy atom. The van der Waals surface area contributed by atoms with E-state index in [2.05, 4.69) is 41.2 Å². The van der Waals surface area contributed by atoms with Crippen LogP contribution in [0.3, 0.4) is 0 Å². The fourth-order valence-electron chi connectivity index (χ4n) is 6.87. The third-order valence-electron chi connectivity index (χ3n) is 9.70. The van der Waals surface area contributed by atoms with Crippen LogP contribution in [0, 0.1) is 18.6 Å². The van der Waals surface area contributed by atoms with Gasteiger partial charge in [-0.25, -0.2) is 8.78 Å². The summed E-state index contributed by atoms with van der Waals surface area (Å²) < 4.78 is 116. The Hall–Kier alpha value is -5.37. The van der Waals surface area contributed by atoms with Crippen LogP contribution in [0.25, 0.3) is 21.8 Å². The van der Waals surface area contributed by atoms with Gasteiger partial charge in [-0.05, 0) is 90.2 Å². The molecule has 3 N–H and O–H groups in total. The highest BCUT2D eigenvalue weighted by Crippen LogP contribution is 2.45. The maximum absolute atomic E-state index is 14.0. The Balaban J connectivity index is 0.000000218. The number of alkyl halides is 6. The summed E-state index contributed by atoms with van der Waals surface area (Å²) in [6.45, 7) is 8.01. The van der Waals surface area contributed by atoms with Crippen LogP contribution in [0.15, 0.2) is 97.1 Å². The van der Waals surface area contributed by atoms with Gasteiger partial charge in [0, 0.05) is 51.8 Å². The number of rotatable bonds is 10. The predicted octanol–water partition coefficient (Wildman–Crippen LogP) is 11.6. The van der Waals surface area contributed by atoms with Crippen LogP contribution in [0.4, 0.5) is 35.1 Å². The molecule has 0 amide bonds. The zero-order valence-electron chi connectivity index (χ0n) is 33.1. The molecule has 0 bridgehead atoms. The molecule has 0 saturated carbocycles. The van der Waals surface area contributed by atoms with Gasteiger partial charge < -0.3 is 24.5 Å². The molecule has 312 valence electrons. The standard InChI is InChI=1S/C22H23F4NO2.C13H14F4O2.C9H9N/c1-20(2,17-11-15(23)8-9-19(17)29-3)13-21(28,22(24,25)26)12-16-10-14-6-4-5-7-18(14)27-16;1-12(2,7-11(18)13(15,16)17)9-6-8(14)4-5-10(9)19-3;1-7-6-8-4-2-3-5-9(8)10-7/h4-11,27-28H,12-13H2,1-3H3;4-6H,7H2,1-3H3;2-6,10H,1H3. The molecule has 1 unspecified atom stereocenters. The molecule has 0 aliphatic heterocycles. The molecule has 0 aliphatic rings. The number of halogens is 8. The summed E-state index contributed by atoms with van der Waals surface area (Å²) in [5.74, 6) is -2.50. The van der Waals surface area contributed by atoms with E-state index in [1.165, 1.54) is 76.7 Å². The van der Waals surface area contributed by atoms with Crippen molar-refractivity contribution < 1.29 is 54.5 Å². The molecule has 0 spiro atoms. The molecule has 6 nitrogen and oxygen atoms in total. The Labute approximate surface area is 331 Å². The number of methoxy groups -OCH3 is 2. The highest BCUT2D eigenvalue weighted by molar-refractivity contribution is 5.85. The number of hydrogen-bond donors (Lipinski definition) is 3. The molecule has 2 aromatic heterocycles. The number of carbonyl (C=O) groups excluding carboxylic acids is 1. The highest BCUT2D eigenvalue weighted by Gasteiger charge is 2.56. The number of hydrogen-bond acceptors (Lipinski definition) is 4. The van der Waals surface area contributed by atoms with E-state index in [0.717, 1.165) is 23.6 Å². The van der Waals surface area contributed by atoms with Crippen LogP contribution in [0.2, 0.25) is 0 Å². The van der Waals surface area contributed by atoms with Gasteiger partial charge in [-0.1, -0.05) is 64.1 Å². The lowest BCUT2D eigenvalue weighted by Gasteiger charge is -2.38. The second-order valence-corrected chi connectivity index (χ2v) is 15.4. The molecule has 4 aromatic carbocycles. The number of aliphatic hydroxyl groups is 1. The predicted molar refractivity (Wildman–Crippen MR) is 208 cm³/mol. The summed E-state index contributed by atoms with van der Waals surface area (Å²) in [6, 6.07) is 26.4. The van der Waals surface area contributed by atoms with E-state index in [-0.39, 0.29) is 28.3 Å². The quantitative estimate of drug-likeness (QED) is 0.120. The van der Waals surface area contributed by atoms with Crippen molar-refractivity contribution in [2.24, 2.45) is 0 Å². The van der Waals surface area contributed by atoms with E-state index in [0.29, 0.717) is 5.52 Å². The monoisotopic (exact) mass is 818 g/mol. The fraction of sp³-hybridized carbons (Fsp3) is 0.341. The minimum absolute atomic E-state index is 0.229. The minimum Gasteiger partial charge on any atom is -0.496 e. The number of H-pyrrole nitrogens is 2. The second-order valence-electron chi connectivity index (χ2n) is 15.4. The molecular formula is C44H46F8N2O4. The van der Waals surface area contributed by atoms with E-state index in [1.807, 2.05) is 6.07 Å². The van der Waals surface area contributed by atoms with Crippen molar-refractivity contribution in [1.29, 1.82) is 0 Å². The van der Waals surface area contributed by atoms with Crippen LogP contribution in [0.5, 0.6) is 11.5 Å². The summed E-state index contributed by atoms with van der Waals surface area (Å²) in [6.07, 6.45) is -11.9. The topological polar surface area (TPSA) is 87.3 Å². The summed E-state index contributed by atoms with van der Waals surface area (Å²) in [4.78, 5) is 17.3. The van der Waals surface area contributed by atoms with Gasteiger partial charge in [-0.2, -0.15) is 26.3 Å². The number of para-hydroxylation sites is 2. The lowest BCUT2D eigenvalue weighted by Crippen LogP contribution is -2.51. The number of aryl methyl sites for hydroxylation is 1. The number of aromatic nitrogens is 2. The van der Waals surface area contributed by atoms with Crippen LogP contribution in [-0.4, -0.2) is 53.0 Å². The molecule has 0 saturated heterocycles. The average Bonchev–Trinajstić information content (AvgIpc) is 3.72. The third kappa shape index (κ3) is 11.2. The number of carbonyl (C=O) groups is 1. The van der Waals surface area contributed by atoms with Gasteiger partial charge in [0.15, 0.2) is 5.60 Å². The zero-order valence-corrected chi connectivity index (χ0v) is 33.1. The summed E-state index contributed by atoms with van der Waals surface area (Å²) in [7, 11) is 2.70. The SMILES string of the molecule is COc1ccc(F)cc1C(C)(C)CC(=O)C(F)(F)F.COc1ccc(F)cc1C(C)(C)CC(O)(Cc1cc2ccccc2[nH]1)C(F)(F)F.Cc1cc2ccccc2[nH]1. The molecule has 14 heteroatoms. The van der Waals surface area contributed by atoms with Crippen molar-refractivity contribution >= 4 is 27.6 Å². The lowest BCUT2D eigenvalue weighted by atomic mass is 9.73. The first-order valence-corrected chi connectivity index (χ1v) is 18.1. The van der Waals surface area contributed by atoms with Gasteiger partial charge in [0.1, 0.15) is 23.1 Å². The Bertz CT molecular complexity index is 2260. The van der Waals surface area contributed by atoms with Crippen LogP contribution < -0.4 is 9.47 Å². The van der Waals surface area contributed by atoms with Crippen molar-refractivity contribution in [3.05, 3.63) is 131 Å². The van der Waals surface area contributed by atoms with Crippen molar-refractivity contribution in [3.8, 4) is 11.5 Å². The number of benzene rings is 4. The summed E-state index contributed by atoms with van der Waals surface area (Å²) in [5.41, 5.74) is -1.52. The molecule has 58 heavy (non-hydrogen) atoms. The van der Waals surface area contributed by atoms with Gasteiger partial charge in [-0.15, -0.1) is 0 Å². The molecule has 0 radical (unpaired) electrons. The molecule has 1 atom stereocenters. The molecular weight excluding hydrogens is 772 g/mol. The first-order chi connectivity index (χ1) is 26.9. The smallest absolute Gasteiger partial charge is 0.450 e. The Kier molecular flexibility index (Phi) is 13.8.